The number of nitrogens with zero attached hydrogens (tertiary/aromatic N) is 1. The van der Waals surface area contributed by atoms with Crippen molar-refractivity contribution in [3.05, 3.63) is 71.7 Å². The number of ether oxygens (including phenoxy) is 1. The average molecular weight is 377 g/mol. The maximum absolute atomic E-state index is 13.1. The zero-order valence-electron chi connectivity index (χ0n) is 14.8. The van der Waals surface area contributed by atoms with E-state index < -0.39 is 0 Å². The molecule has 1 N–H and O–H groups in total. The number of carbonyl (C=O) groups is 2. The molecule has 1 aliphatic carbocycles. The number of rotatable bonds is 3. The van der Waals surface area contributed by atoms with Gasteiger partial charge in [0, 0.05) is 30.0 Å². The Hall–Kier alpha value is -3.54. The molecule has 0 amide bonds. The van der Waals surface area contributed by atoms with Gasteiger partial charge in [-0.05, 0) is 55.0 Å². The third kappa shape index (κ3) is 3.36. The van der Waals surface area contributed by atoms with Crippen molar-refractivity contribution < 1.29 is 23.8 Å². The van der Waals surface area contributed by atoms with E-state index in [4.69, 9.17) is 4.74 Å². The van der Waals surface area contributed by atoms with Gasteiger partial charge in [-0.25, -0.2) is 4.39 Å². The molecule has 3 aromatic rings. The molecule has 1 aliphatic rings. The second kappa shape index (κ2) is 7.23. The fourth-order valence-electron chi connectivity index (χ4n) is 3.21. The van der Waals surface area contributed by atoms with E-state index in [1.165, 1.54) is 24.3 Å². The van der Waals surface area contributed by atoms with E-state index in [1.54, 1.807) is 30.5 Å². The number of Topliss-reactive ketones (excluding diaryl/α,β-unsaturated/α-hetero) is 2. The molecule has 5 nitrogen and oxygen atoms in total. The molecule has 1 heterocycles. The Morgan fingerprint density at radius 1 is 1.00 bits per heavy atom. The summed E-state index contributed by atoms with van der Waals surface area (Å²) >= 11 is 0. The molecule has 140 valence electrons. The van der Waals surface area contributed by atoms with E-state index in [2.05, 4.69) is 4.98 Å². The van der Waals surface area contributed by atoms with Gasteiger partial charge in [0.1, 0.15) is 28.6 Å². The van der Waals surface area contributed by atoms with Crippen molar-refractivity contribution in [3.63, 3.8) is 0 Å². The fraction of sp³-hybridized carbons (Fsp3) is 0.136. The van der Waals surface area contributed by atoms with Gasteiger partial charge in [-0.2, -0.15) is 0 Å². The summed E-state index contributed by atoms with van der Waals surface area (Å²) in [5.41, 5.74) is 0.806. The maximum Gasteiger partial charge on any atom is 0.170 e. The van der Waals surface area contributed by atoms with Gasteiger partial charge < -0.3 is 9.84 Å². The molecular weight excluding hydrogens is 361 g/mol. The second-order valence-electron chi connectivity index (χ2n) is 6.52. The monoisotopic (exact) mass is 377 g/mol. The molecule has 0 spiro atoms. The summed E-state index contributed by atoms with van der Waals surface area (Å²) in [6.07, 6.45) is 2.58. The minimum absolute atomic E-state index is 0.143. The minimum atomic E-state index is -0.368. The van der Waals surface area contributed by atoms with Gasteiger partial charge in [0.25, 0.3) is 0 Å². The highest BCUT2D eigenvalue weighted by Crippen LogP contribution is 2.32. The second-order valence-corrected chi connectivity index (χ2v) is 6.52. The Kier molecular flexibility index (Phi) is 4.61. The number of benzene rings is 2. The van der Waals surface area contributed by atoms with Gasteiger partial charge in [-0.1, -0.05) is 0 Å². The number of aliphatic hydroxyl groups excluding tert-OH is 1. The molecule has 0 atom stereocenters. The number of aromatic nitrogens is 1. The first-order valence-corrected chi connectivity index (χ1v) is 8.85. The van der Waals surface area contributed by atoms with Crippen LogP contribution in [-0.4, -0.2) is 21.7 Å². The lowest BCUT2D eigenvalue weighted by molar-refractivity contribution is -0.123. The Morgan fingerprint density at radius 2 is 1.71 bits per heavy atom. The Balaban J connectivity index is 1.79. The average Bonchev–Trinajstić information content (AvgIpc) is 2.69. The quantitative estimate of drug-likeness (QED) is 0.405. The molecule has 1 aromatic heterocycles. The maximum atomic E-state index is 13.1. The molecule has 1 saturated carbocycles. The smallest absolute Gasteiger partial charge is 0.170 e. The van der Waals surface area contributed by atoms with Crippen LogP contribution in [0.25, 0.3) is 16.7 Å². The molecule has 28 heavy (non-hydrogen) atoms. The lowest BCUT2D eigenvalue weighted by atomic mass is 9.89. The highest BCUT2D eigenvalue weighted by atomic mass is 19.1. The summed E-state index contributed by atoms with van der Waals surface area (Å²) in [6, 6.07) is 12.1. The van der Waals surface area contributed by atoms with Crippen LogP contribution < -0.4 is 4.74 Å². The first-order valence-electron chi connectivity index (χ1n) is 8.85. The molecule has 1 fully saturated rings. The summed E-state index contributed by atoms with van der Waals surface area (Å²) in [5, 5.41) is 11.2. The number of carbonyl (C=O) groups excluding carboxylic acids is 2. The third-order valence-electron chi connectivity index (χ3n) is 4.62. The zero-order chi connectivity index (χ0) is 19.7. The van der Waals surface area contributed by atoms with E-state index in [0.29, 0.717) is 34.4 Å². The lowest BCUT2D eigenvalue weighted by Gasteiger charge is -2.14. The van der Waals surface area contributed by atoms with Crippen LogP contribution in [-0.2, 0) is 9.59 Å². The van der Waals surface area contributed by atoms with Gasteiger partial charge >= 0.3 is 0 Å². The minimum Gasteiger partial charge on any atom is -0.506 e. The Bertz CT molecular complexity index is 1100. The van der Waals surface area contributed by atoms with E-state index >= 15 is 0 Å². The fourth-order valence-corrected chi connectivity index (χ4v) is 3.21. The van der Waals surface area contributed by atoms with E-state index in [9.17, 15) is 19.1 Å². The number of allylic oxidation sites excluding steroid dienone is 1. The first-order chi connectivity index (χ1) is 13.5. The zero-order valence-corrected chi connectivity index (χ0v) is 14.8. The van der Waals surface area contributed by atoms with Crippen molar-refractivity contribution >= 4 is 28.2 Å². The SMILES string of the molecule is O=C1CCCC(=O)C1=C(O)c1ccc2nccc(Oc3ccc(F)cc3)c2c1. The van der Waals surface area contributed by atoms with Gasteiger partial charge in [0.15, 0.2) is 11.6 Å². The number of aliphatic hydroxyl groups is 1. The number of fused-ring (bicyclic) bond motifs is 1. The van der Waals surface area contributed by atoms with Crippen LogP contribution in [0.15, 0.2) is 60.3 Å². The molecule has 4 rings (SSSR count). The van der Waals surface area contributed by atoms with E-state index in [-0.39, 0.29) is 41.6 Å². The van der Waals surface area contributed by atoms with Crippen molar-refractivity contribution in [2.75, 3.05) is 0 Å². The number of ketones is 2. The van der Waals surface area contributed by atoms with E-state index in [0.717, 1.165) is 0 Å². The Labute approximate surface area is 160 Å². The summed E-state index contributed by atoms with van der Waals surface area (Å²) in [4.78, 5) is 28.5. The molecule has 6 heteroatoms. The third-order valence-corrected chi connectivity index (χ3v) is 4.62. The molecule has 0 radical (unpaired) electrons. The number of halogens is 1. The topological polar surface area (TPSA) is 76.5 Å². The first kappa shape index (κ1) is 17.9. The van der Waals surface area contributed by atoms with Crippen LogP contribution in [0.4, 0.5) is 4.39 Å². The van der Waals surface area contributed by atoms with Crippen LogP contribution in [0.3, 0.4) is 0 Å². The van der Waals surface area contributed by atoms with Crippen molar-refractivity contribution in [3.8, 4) is 11.5 Å². The summed E-state index contributed by atoms with van der Waals surface area (Å²) in [7, 11) is 0. The number of pyridine rings is 1. The van der Waals surface area contributed by atoms with Gasteiger partial charge in [0.05, 0.1) is 5.52 Å². The standard InChI is InChI=1S/C22H16FNO4/c23-14-5-7-15(8-6-14)28-20-10-11-24-17-9-4-13(12-16(17)20)22(27)21-18(25)2-1-3-19(21)26/h4-12,27H,1-3H2. The van der Waals surface area contributed by atoms with Gasteiger partial charge in [-0.3, -0.25) is 14.6 Å². The van der Waals surface area contributed by atoms with E-state index in [1.807, 2.05) is 0 Å². The van der Waals surface area contributed by atoms with Gasteiger partial charge in [-0.15, -0.1) is 0 Å². The lowest BCUT2D eigenvalue weighted by Crippen LogP contribution is -2.20. The predicted octanol–water partition coefficient (Wildman–Crippen LogP) is 4.76. The summed E-state index contributed by atoms with van der Waals surface area (Å²) in [6.45, 7) is 0. The number of hydrogen-bond donors (Lipinski definition) is 1. The van der Waals surface area contributed by atoms with Crippen LogP contribution >= 0.6 is 0 Å². The van der Waals surface area contributed by atoms with Gasteiger partial charge in [0.2, 0.25) is 0 Å². The van der Waals surface area contributed by atoms with Crippen molar-refractivity contribution in [2.24, 2.45) is 0 Å². The Morgan fingerprint density at radius 3 is 2.43 bits per heavy atom. The summed E-state index contributed by atoms with van der Waals surface area (Å²) < 4.78 is 18.9. The predicted molar refractivity (Wildman–Crippen MR) is 102 cm³/mol. The van der Waals surface area contributed by atoms with Crippen LogP contribution in [0, 0.1) is 5.82 Å². The highest BCUT2D eigenvalue weighted by Gasteiger charge is 2.27. The van der Waals surface area contributed by atoms with Crippen molar-refractivity contribution in [1.29, 1.82) is 0 Å². The molecular formula is C22H16FNO4. The van der Waals surface area contributed by atoms with Crippen molar-refractivity contribution in [2.45, 2.75) is 19.3 Å². The normalized spacial score (nSPS) is 14.4. The van der Waals surface area contributed by atoms with Crippen LogP contribution in [0.5, 0.6) is 11.5 Å². The molecule has 0 unspecified atom stereocenters. The molecule has 0 aliphatic heterocycles. The highest BCUT2D eigenvalue weighted by molar-refractivity contribution is 6.25. The van der Waals surface area contributed by atoms with Crippen LogP contribution in [0.1, 0.15) is 24.8 Å². The molecule has 2 aromatic carbocycles. The van der Waals surface area contributed by atoms with Crippen molar-refractivity contribution in [1.82, 2.24) is 4.98 Å². The summed E-state index contributed by atoms with van der Waals surface area (Å²) in [5.74, 6) is -0.483. The van der Waals surface area contributed by atoms with Crippen LogP contribution in [0.2, 0.25) is 0 Å². The molecule has 0 saturated heterocycles. The molecule has 0 bridgehead atoms. The number of hydrogen-bond acceptors (Lipinski definition) is 5. The largest absolute Gasteiger partial charge is 0.506 e.